The van der Waals surface area contributed by atoms with Gasteiger partial charge in [0, 0.05) is 29.7 Å². The molecule has 1 aliphatic carbocycles. The van der Waals surface area contributed by atoms with E-state index < -0.39 is 0 Å². The van der Waals surface area contributed by atoms with Crippen LogP contribution in [0.1, 0.15) is 52.8 Å². The molecule has 3 aromatic rings. The van der Waals surface area contributed by atoms with Crippen LogP contribution in [0.15, 0.2) is 42.2 Å². The van der Waals surface area contributed by atoms with Crippen molar-refractivity contribution in [2.45, 2.75) is 39.7 Å². The zero-order valence-corrected chi connectivity index (χ0v) is 16.5. The smallest absolute Gasteiger partial charge is 0.262 e. The van der Waals surface area contributed by atoms with Gasteiger partial charge in [-0.05, 0) is 54.3 Å². The van der Waals surface area contributed by atoms with E-state index in [1.165, 1.54) is 11.3 Å². The maximum atomic E-state index is 12.8. The van der Waals surface area contributed by atoms with Gasteiger partial charge in [-0.2, -0.15) is 0 Å². The minimum atomic E-state index is -0.0794. The van der Waals surface area contributed by atoms with Gasteiger partial charge in [0.15, 0.2) is 5.82 Å². The average Bonchev–Trinajstić information content (AvgIpc) is 3.07. The minimum absolute atomic E-state index is 0.0191. The highest BCUT2D eigenvalue weighted by molar-refractivity contribution is 7.12. The van der Waals surface area contributed by atoms with Crippen molar-refractivity contribution in [2.75, 3.05) is 0 Å². The lowest BCUT2D eigenvalue weighted by atomic mass is 9.74. The molecular weight excluding hydrogens is 356 g/mol. The SMILES string of the molecule is Cc1ccsc1C(=O)NC1CC(C)(C)Cc2nc(-c3ccncc3)ncc21. The van der Waals surface area contributed by atoms with Crippen molar-refractivity contribution < 1.29 is 4.79 Å². The van der Waals surface area contributed by atoms with Gasteiger partial charge in [-0.15, -0.1) is 11.3 Å². The molecule has 0 aromatic carbocycles. The number of amides is 1. The molecule has 27 heavy (non-hydrogen) atoms. The lowest BCUT2D eigenvalue weighted by Gasteiger charge is -2.36. The van der Waals surface area contributed by atoms with Crippen LogP contribution in [0.2, 0.25) is 0 Å². The topological polar surface area (TPSA) is 67.8 Å². The van der Waals surface area contributed by atoms with E-state index in [0.717, 1.165) is 40.1 Å². The number of aromatic nitrogens is 3. The summed E-state index contributed by atoms with van der Waals surface area (Å²) in [5.74, 6) is 0.683. The molecule has 0 aliphatic heterocycles. The number of hydrogen-bond acceptors (Lipinski definition) is 5. The van der Waals surface area contributed by atoms with Gasteiger partial charge in [-0.3, -0.25) is 9.78 Å². The van der Waals surface area contributed by atoms with Crippen molar-refractivity contribution in [1.29, 1.82) is 0 Å². The first kappa shape index (κ1) is 17.8. The lowest BCUT2D eigenvalue weighted by molar-refractivity contribution is 0.0922. The number of carbonyl (C=O) groups excluding carboxylic acids is 1. The normalized spacial score (nSPS) is 18.0. The molecular formula is C21H22N4OS. The number of pyridine rings is 1. The monoisotopic (exact) mass is 378 g/mol. The van der Waals surface area contributed by atoms with Crippen molar-refractivity contribution in [1.82, 2.24) is 20.3 Å². The molecule has 3 aromatic heterocycles. The molecule has 0 fully saturated rings. The van der Waals surface area contributed by atoms with E-state index in [2.05, 4.69) is 29.1 Å². The highest BCUT2D eigenvalue weighted by atomic mass is 32.1. The van der Waals surface area contributed by atoms with E-state index in [9.17, 15) is 4.79 Å². The van der Waals surface area contributed by atoms with Crippen LogP contribution in [0.25, 0.3) is 11.4 Å². The average molecular weight is 379 g/mol. The predicted octanol–water partition coefficient (Wildman–Crippen LogP) is 4.35. The fourth-order valence-electron chi connectivity index (χ4n) is 3.65. The molecule has 0 radical (unpaired) electrons. The van der Waals surface area contributed by atoms with Crippen molar-refractivity contribution in [2.24, 2.45) is 5.41 Å². The molecule has 5 nitrogen and oxygen atoms in total. The molecule has 0 saturated carbocycles. The first-order valence-electron chi connectivity index (χ1n) is 9.04. The third-order valence-electron chi connectivity index (χ3n) is 4.99. The molecule has 1 unspecified atom stereocenters. The highest BCUT2D eigenvalue weighted by Gasteiger charge is 2.35. The number of hydrogen-bond donors (Lipinski definition) is 1. The Labute approximate surface area is 162 Å². The van der Waals surface area contributed by atoms with E-state index >= 15 is 0 Å². The molecule has 4 rings (SSSR count). The Kier molecular flexibility index (Phi) is 4.52. The quantitative estimate of drug-likeness (QED) is 0.736. The first-order valence-corrected chi connectivity index (χ1v) is 9.92. The Morgan fingerprint density at radius 1 is 1.26 bits per heavy atom. The van der Waals surface area contributed by atoms with Gasteiger partial charge >= 0.3 is 0 Å². The molecule has 6 heteroatoms. The summed E-state index contributed by atoms with van der Waals surface area (Å²) < 4.78 is 0. The number of carbonyl (C=O) groups is 1. The molecule has 1 atom stereocenters. The number of nitrogens with one attached hydrogen (secondary N) is 1. The van der Waals surface area contributed by atoms with Crippen molar-refractivity contribution >= 4 is 17.2 Å². The lowest BCUT2D eigenvalue weighted by Crippen LogP contribution is -2.37. The van der Waals surface area contributed by atoms with Gasteiger partial charge in [0.25, 0.3) is 5.91 Å². The number of fused-ring (bicyclic) bond motifs is 1. The summed E-state index contributed by atoms with van der Waals surface area (Å²) in [5.41, 5.74) is 4.05. The van der Waals surface area contributed by atoms with Gasteiger partial charge in [-0.25, -0.2) is 9.97 Å². The van der Waals surface area contributed by atoms with Crippen molar-refractivity contribution in [3.63, 3.8) is 0 Å². The summed E-state index contributed by atoms with van der Waals surface area (Å²) in [6.07, 6.45) is 7.10. The molecule has 0 spiro atoms. The van der Waals surface area contributed by atoms with Crippen molar-refractivity contribution in [3.05, 3.63) is 63.9 Å². The number of aryl methyl sites for hydroxylation is 1. The standard InChI is InChI=1S/C21H22N4OS/c1-13-6-9-27-18(13)20(26)25-17-11-21(2,3)10-16-15(17)12-23-19(24-16)14-4-7-22-8-5-14/h4-9,12,17H,10-11H2,1-3H3,(H,25,26). The zero-order valence-electron chi connectivity index (χ0n) is 15.7. The molecule has 1 amide bonds. The Hall–Kier alpha value is -2.60. The molecule has 0 saturated heterocycles. The van der Waals surface area contributed by atoms with Crippen LogP contribution in [0.3, 0.4) is 0 Å². The van der Waals surface area contributed by atoms with Gasteiger partial charge in [0.1, 0.15) is 0 Å². The summed E-state index contributed by atoms with van der Waals surface area (Å²) in [5, 5.41) is 5.17. The largest absolute Gasteiger partial charge is 0.344 e. The first-order chi connectivity index (χ1) is 12.9. The molecule has 1 N–H and O–H groups in total. The summed E-state index contributed by atoms with van der Waals surface area (Å²) in [4.78, 5) is 27.0. The van der Waals surface area contributed by atoms with Crippen LogP contribution in [0.4, 0.5) is 0 Å². The van der Waals surface area contributed by atoms with Gasteiger partial charge in [-0.1, -0.05) is 13.8 Å². The summed E-state index contributed by atoms with van der Waals surface area (Å²) in [6.45, 7) is 6.41. The van der Waals surface area contributed by atoms with Crippen LogP contribution in [-0.4, -0.2) is 20.9 Å². The Morgan fingerprint density at radius 2 is 2.04 bits per heavy atom. The number of rotatable bonds is 3. The van der Waals surface area contributed by atoms with Crippen molar-refractivity contribution in [3.8, 4) is 11.4 Å². The molecule has 3 heterocycles. The second-order valence-electron chi connectivity index (χ2n) is 7.84. The van der Waals surface area contributed by atoms with Crippen LogP contribution >= 0.6 is 11.3 Å². The maximum Gasteiger partial charge on any atom is 0.262 e. The van der Waals surface area contributed by atoms with Gasteiger partial charge in [0.2, 0.25) is 0 Å². The third-order valence-corrected chi connectivity index (χ3v) is 6.01. The van der Waals surface area contributed by atoms with E-state index in [1.807, 2.05) is 36.7 Å². The summed E-state index contributed by atoms with van der Waals surface area (Å²) in [6, 6.07) is 5.72. The fraction of sp³-hybridized carbons (Fsp3) is 0.333. The summed E-state index contributed by atoms with van der Waals surface area (Å²) >= 11 is 1.48. The Morgan fingerprint density at radius 3 is 2.74 bits per heavy atom. The molecule has 0 bridgehead atoms. The zero-order chi connectivity index (χ0) is 19.0. The minimum Gasteiger partial charge on any atom is -0.344 e. The van der Waals surface area contributed by atoms with E-state index in [1.54, 1.807) is 12.4 Å². The number of nitrogens with zero attached hydrogens (tertiary/aromatic N) is 3. The van der Waals surface area contributed by atoms with E-state index in [0.29, 0.717) is 5.82 Å². The highest BCUT2D eigenvalue weighted by Crippen LogP contribution is 2.40. The van der Waals surface area contributed by atoms with E-state index in [-0.39, 0.29) is 17.4 Å². The summed E-state index contributed by atoms with van der Waals surface area (Å²) in [7, 11) is 0. The van der Waals surface area contributed by atoms with Crippen LogP contribution in [0.5, 0.6) is 0 Å². The van der Waals surface area contributed by atoms with Crippen LogP contribution in [0, 0.1) is 12.3 Å². The maximum absolute atomic E-state index is 12.8. The molecule has 1 aliphatic rings. The van der Waals surface area contributed by atoms with E-state index in [4.69, 9.17) is 4.98 Å². The number of thiophene rings is 1. The Balaban J connectivity index is 1.67. The Bertz CT molecular complexity index is 981. The second kappa shape index (κ2) is 6.85. The predicted molar refractivity (Wildman–Crippen MR) is 107 cm³/mol. The van der Waals surface area contributed by atoms with Crippen LogP contribution < -0.4 is 5.32 Å². The van der Waals surface area contributed by atoms with Gasteiger partial charge in [0.05, 0.1) is 16.6 Å². The second-order valence-corrected chi connectivity index (χ2v) is 8.75. The third kappa shape index (κ3) is 3.62. The van der Waals surface area contributed by atoms with Gasteiger partial charge < -0.3 is 5.32 Å². The molecule has 138 valence electrons. The fourth-order valence-corrected chi connectivity index (χ4v) is 4.47. The van der Waals surface area contributed by atoms with Crippen LogP contribution in [-0.2, 0) is 6.42 Å².